The van der Waals surface area contributed by atoms with Gasteiger partial charge in [0.1, 0.15) is 11.5 Å². The number of likely N-dealkylation sites (N-methyl/N-ethyl adjacent to an activating group) is 1. The van der Waals surface area contributed by atoms with Crippen LogP contribution >= 0.6 is 0 Å². The van der Waals surface area contributed by atoms with E-state index in [1.54, 1.807) is 0 Å². The first-order chi connectivity index (χ1) is 19.8. The highest BCUT2D eigenvalue weighted by Gasteiger charge is 2.30. The molecule has 0 aromatic heterocycles. The third kappa shape index (κ3) is 6.88. The number of benzene rings is 4. The highest BCUT2D eigenvalue weighted by molar-refractivity contribution is 5.53. The molecule has 0 aliphatic heterocycles. The van der Waals surface area contributed by atoms with Crippen LogP contribution in [0.25, 0.3) is 0 Å². The first kappa shape index (κ1) is 31.3. The third-order valence-corrected chi connectivity index (χ3v) is 8.66. The van der Waals surface area contributed by atoms with Crippen LogP contribution in [-0.4, -0.2) is 47.2 Å². The van der Waals surface area contributed by atoms with Crippen molar-refractivity contribution in [2.45, 2.75) is 65.5 Å². The van der Waals surface area contributed by atoms with Crippen molar-refractivity contribution in [2.75, 3.05) is 27.2 Å². The fourth-order valence-electron chi connectivity index (χ4n) is 5.96. The van der Waals surface area contributed by atoms with Crippen LogP contribution in [0.5, 0.6) is 11.5 Å². The monoisotopic (exact) mass is 564 g/mol. The molecule has 0 fully saturated rings. The molecule has 42 heavy (non-hydrogen) atoms. The summed E-state index contributed by atoms with van der Waals surface area (Å²) >= 11 is 0. The van der Waals surface area contributed by atoms with Gasteiger partial charge in [0.25, 0.3) is 0 Å². The van der Waals surface area contributed by atoms with E-state index in [4.69, 9.17) is 0 Å². The molecule has 0 amide bonds. The Hall–Kier alpha value is -3.60. The summed E-state index contributed by atoms with van der Waals surface area (Å²) in [7, 11) is 4.15. The van der Waals surface area contributed by atoms with Gasteiger partial charge in [-0.2, -0.15) is 0 Å². The van der Waals surface area contributed by atoms with Crippen molar-refractivity contribution < 1.29 is 10.2 Å². The number of hydrogen-bond acceptors (Lipinski definition) is 4. The van der Waals surface area contributed by atoms with Crippen molar-refractivity contribution in [3.63, 3.8) is 0 Å². The minimum Gasteiger partial charge on any atom is -0.507 e. The van der Waals surface area contributed by atoms with E-state index in [0.717, 1.165) is 46.5 Å². The van der Waals surface area contributed by atoms with Gasteiger partial charge in [-0.3, -0.25) is 4.90 Å². The summed E-state index contributed by atoms with van der Waals surface area (Å²) in [6.45, 7) is 15.7. The standard InChI is InChI=1S/C38H48N2O2/c1-27-21-29(35(41)33(23-27)37(3,4)31-15-11-9-12-16-31)25-40(20-19-39(7)8)26-30-22-28(2)24-34(36(30)42)38(5,6)32-17-13-10-14-18-32/h9-18,21-24,41-42H,19-20,25-26H2,1-8H3. The van der Waals surface area contributed by atoms with Crippen LogP contribution in [0.2, 0.25) is 0 Å². The molecule has 4 rings (SSSR count). The number of phenols is 2. The normalized spacial score (nSPS) is 12.3. The zero-order valence-electron chi connectivity index (χ0n) is 26.7. The van der Waals surface area contributed by atoms with Crippen LogP contribution in [0.4, 0.5) is 0 Å². The molecule has 0 atom stereocenters. The van der Waals surface area contributed by atoms with Gasteiger partial charge < -0.3 is 15.1 Å². The Morgan fingerprint density at radius 2 is 0.952 bits per heavy atom. The Morgan fingerprint density at radius 3 is 1.31 bits per heavy atom. The van der Waals surface area contributed by atoms with Gasteiger partial charge in [0.2, 0.25) is 0 Å². The zero-order valence-corrected chi connectivity index (χ0v) is 26.7. The molecule has 222 valence electrons. The highest BCUT2D eigenvalue weighted by Crippen LogP contribution is 2.41. The summed E-state index contributed by atoms with van der Waals surface area (Å²) < 4.78 is 0. The largest absolute Gasteiger partial charge is 0.507 e. The lowest BCUT2D eigenvalue weighted by atomic mass is 9.76. The minimum absolute atomic E-state index is 0.351. The van der Waals surface area contributed by atoms with Crippen LogP contribution in [0.1, 0.15) is 72.2 Å². The molecule has 0 heterocycles. The second-order valence-electron chi connectivity index (χ2n) is 13.1. The van der Waals surface area contributed by atoms with Gasteiger partial charge in [0.05, 0.1) is 0 Å². The molecule has 4 heteroatoms. The first-order valence-corrected chi connectivity index (χ1v) is 14.9. The molecule has 2 N–H and O–H groups in total. The number of nitrogens with zero attached hydrogens (tertiary/aromatic N) is 2. The average molecular weight is 565 g/mol. The molecular weight excluding hydrogens is 516 g/mol. The second kappa shape index (κ2) is 12.7. The molecule has 0 radical (unpaired) electrons. The lowest BCUT2D eigenvalue weighted by Crippen LogP contribution is -2.31. The van der Waals surface area contributed by atoms with Crippen molar-refractivity contribution in [1.82, 2.24) is 9.80 Å². The van der Waals surface area contributed by atoms with Crippen LogP contribution in [-0.2, 0) is 23.9 Å². The summed E-state index contributed by atoms with van der Waals surface area (Å²) in [5, 5.41) is 23.4. The maximum atomic E-state index is 11.7. The predicted molar refractivity (Wildman–Crippen MR) is 175 cm³/mol. The molecular formula is C38H48N2O2. The summed E-state index contributed by atoms with van der Waals surface area (Å²) in [6.07, 6.45) is 0. The fraction of sp³-hybridized carbons (Fsp3) is 0.368. The van der Waals surface area contributed by atoms with Gasteiger partial charge in [0.15, 0.2) is 0 Å². The fourth-order valence-corrected chi connectivity index (χ4v) is 5.96. The van der Waals surface area contributed by atoms with E-state index in [2.05, 4.69) is 138 Å². The Balaban J connectivity index is 1.72. The van der Waals surface area contributed by atoms with Gasteiger partial charge in [0, 0.05) is 59.3 Å². The van der Waals surface area contributed by atoms with E-state index in [1.165, 1.54) is 11.1 Å². The Bertz CT molecular complexity index is 1380. The number of phenolic OH excluding ortho intramolecular Hbond substituents is 2. The van der Waals surface area contributed by atoms with Gasteiger partial charge in [-0.25, -0.2) is 0 Å². The van der Waals surface area contributed by atoms with Gasteiger partial charge >= 0.3 is 0 Å². The van der Waals surface area contributed by atoms with Crippen LogP contribution < -0.4 is 0 Å². The predicted octanol–water partition coefficient (Wildman–Crippen LogP) is 7.93. The van der Waals surface area contributed by atoms with Gasteiger partial charge in [-0.1, -0.05) is 124 Å². The van der Waals surface area contributed by atoms with E-state index in [-0.39, 0.29) is 10.8 Å². The maximum Gasteiger partial charge on any atom is 0.124 e. The van der Waals surface area contributed by atoms with Crippen molar-refractivity contribution in [3.05, 3.63) is 129 Å². The molecule has 0 saturated carbocycles. The van der Waals surface area contributed by atoms with Gasteiger partial charge in [-0.05, 0) is 39.1 Å². The topological polar surface area (TPSA) is 46.9 Å². The summed E-state index contributed by atoms with van der Waals surface area (Å²) in [5.41, 5.74) is 7.55. The molecule has 0 saturated heterocycles. The van der Waals surface area contributed by atoms with Crippen molar-refractivity contribution >= 4 is 0 Å². The molecule has 0 aliphatic carbocycles. The van der Waals surface area contributed by atoms with Crippen molar-refractivity contribution in [1.29, 1.82) is 0 Å². The summed E-state index contributed by atoms with van der Waals surface area (Å²) in [4.78, 5) is 4.51. The summed E-state index contributed by atoms with van der Waals surface area (Å²) in [6, 6.07) is 29.2. The third-order valence-electron chi connectivity index (χ3n) is 8.66. The van der Waals surface area contributed by atoms with Crippen LogP contribution in [0.3, 0.4) is 0 Å². The van der Waals surface area contributed by atoms with E-state index in [0.29, 0.717) is 24.6 Å². The van der Waals surface area contributed by atoms with Crippen LogP contribution in [0.15, 0.2) is 84.9 Å². The molecule has 4 aromatic rings. The molecule has 0 spiro atoms. The number of aromatic hydroxyl groups is 2. The lowest BCUT2D eigenvalue weighted by Gasteiger charge is -2.31. The Labute approximate surface area is 253 Å². The van der Waals surface area contributed by atoms with E-state index in [9.17, 15) is 10.2 Å². The number of hydrogen-bond donors (Lipinski definition) is 2. The quantitative estimate of drug-likeness (QED) is 0.194. The molecule has 4 aromatic carbocycles. The average Bonchev–Trinajstić information content (AvgIpc) is 2.95. The Kier molecular flexibility index (Phi) is 9.50. The lowest BCUT2D eigenvalue weighted by molar-refractivity contribution is 0.221. The van der Waals surface area contributed by atoms with E-state index < -0.39 is 0 Å². The molecule has 0 unspecified atom stereocenters. The van der Waals surface area contributed by atoms with Crippen LogP contribution in [0, 0.1) is 13.8 Å². The van der Waals surface area contributed by atoms with Crippen molar-refractivity contribution in [3.8, 4) is 11.5 Å². The minimum atomic E-state index is -0.354. The smallest absolute Gasteiger partial charge is 0.124 e. The van der Waals surface area contributed by atoms with E-state index in [1.807, 2.05) is 12.1 Å². The van der Waals surface area contributed by atoms with Crippen molar-refractivity contribution in [2.24, 2.45) is 0 Å². The summed E-state index contributed by atoms with van der Waals surface area (Å²) in [5.74, 6) is 0.701. The number of aryl methyl sites for hydroxylation is 2. The molecule has 0 aliphatic rings. The molecule has 0 bridgehead atoms. The van der Waals surface area contributed by atoms with Gasteiger partial charge in [-0.15, -0.1) is 0 Å². The van der Waals surface area contributed by atoms with E-state index >= 15 is 0 Å². The number of rotatable bonds is 11. The zero-order chi connectivity index (χ0) is 30.7. The Morgan fingerprint density at radius 1 is 0.571 bits per heavy atom. The SMILES string of the molecule is Cc1cc(CN(CCN(C)C)Cc2cc(C)cc(C(C)(C)c3ccccc3)c2O)c(O)c(C(C)(C)c2ccccc2)c1. The molecule has 4 nitrogen and oxygen atoms in total. The maximum absolute atomic E-state index is 11.7. The highest BCUT2D eigenvalue weighted by atomic mass is 16.3. The first-order valence-electron chi connectivity index (χ1n) is 14.9. The second-order valence-corrected chi connectivity index (χ2v) is 13.1.